The predicted octanol–water partition coefficient (Wildman–Crippen LogP) is 3.34. The Hall–Kier alpha value is -1.42. The van der Waals surface area contributed by atoms with E-state index in [1.165, 1.54) is 35.2 Å². The molecule has 1 aliphatic carbocycles. The number of aryl methyl sites for hydroxylation is 2. The second-order valence-corrected chi connectivity index (χ2v) is 5.53. The predicted molar refractivity (Wildman–Crippen MR) is 75.1 cm³/mol. The molecule has 0 saturated heterocycles. The van der Waals surface area contributed by atoms with Gasteiger partial charge in [-0.25, -0.2) is 9.97 Å². The summed E-state index contributed by atoms with van der Waals surface area (Å²) in [5, 5.41) is 7.86. The van der Waals surface area contributed by atoms with Gasteiger partial charge >= 0.3 is 0 Å². The van der Waals surface area contributed by atoms with Crippen molar-refractivity contribution in [3.63, 3.8) is 0 Å². The molecule has 0 amide bonds. The zero-order valence-electron chi connectivity index (χ0n) is 10.6. The molecule has 3 rings (SSSR count). The third kappa shape index (κ3) is 2.25. The lowest BCUT2D eigenvalue weighted by atomic mass is 9.96. The zero-order valence-corrected chi connectivity index (χ0v) is 11.4. The number of rotatable bonds is 3. The van der Waals surface area contributed by atoms with Gasteiger partial charge in [0.25, 0.3) is 0 Å². The van der Waals surface area contributed by atoms with Gasteiger partial charge in [0, 0.05) is 17.8 Å². The summed E-state index contributed by atoms with van der Waals surface area (Å²) in [5.74, 6) is 1.03. The molecule has 2 heterocycles. The molecule has 94 valence electrons. The number of nitrogens with zero attached hydrogens (tertiary/aromatic N) is 2. The summed E-state index contributed by atoms with van der Waals surface area (Å²) in [6, 6.07) is 0. The van der Waals surface area contributed by atoms with E-state index in [1.807, 2.05) is 0 Å². The van der Waals surface area contributed by atoms with Crippen molar-refractivity contribution in [3.8, 4) is 0 Å². The topological polar surface area (TPSA) is 37.8 Å². The molecule has 0 aromatic carbocycles. The minimum absolute atomic E-state index is 0.860. The number of anilines is 1. The van der Waals surface area contributed by atoms with Crippen LogP contribution >= 0.6 is 11.3 Å². The molecule has 4 heteroatoms. The van der Waals surface area contributed by atoms with Crippen molar-refractivity contribution >= 4 is 17.2 Å². The Balaban J connectivity index is 1.79. The third-order valence-electron chi connectivity index (χ3n) is 3.53. The van der Waals surface area contributed by atoms with Gasteiger partial charge in [-0.2, -0.15) is 11.3 Å². The van der Waals surface area contributed by atoms with E-state index in [-0.39, 0.29) is 0 Å². The van der Waals surface area contributed by atoms with E-state index in [2.05, 4.69) is 33.0 Å². The average molecular weight is 259 g/mol. The number of hydrogen-bond acceptors (Lipinski definition) is 4. The first-order chi connectivity index (χ1) is 8.84. The highest BCUT2D eigenvalue weighted by atomic mass is 32.1. The summed E-state index contributed by atoms with van der Waals surface area (Å²) in [7, 11) is 0. The standard InChI is InChI=1S/C14H17N3S/c1-10-7-18-8-11(10)6-15-14-12-4-2-3-5-13(12)16-9-17-14/h7-9H,2-6H2,1H3,(H,15,16,17). The van der Waals surface area contributed by atoms with Crippen molar-refractivity contribution in [1.82, 2.24) is 9.97 Å². The van der Waals surface area contributed by atoms with Crippen LogP contribution in [0, 0.1) is 6.92 Å². The van der Waals surface area contributed by atoms with Crippen LogP contribution in [0.1, 0.15) is 35.2 Å². The number of hydrogen-bond donors (Lipinski definition) is 1. The highest BCUT2D eigenvalue weighted by Gasteiger charge is 2.15. The van der Waals surface area contributed by atoms with Gasteiger partial charge < -0.3 is 5.32 Å². The lowest BCUT2D eigenvalue weighted by molar-refractivity contribution is 0.663. The highest BCUT2D eigenvalue weighted by Crippen LogP contribution is 2.25. The number of fused-ring (bicyclic) bond motifs is 1. The Morgan fingerprint density at radius 1 is 1.22 bits per heavy atom. The molecule has 3 nitrogen and oxygen atoms in total. The lowest BCUT2D eigenvalue weighted by Gasteiger charge is -2.18. The Bertz CT molecular complexity index is 548. The fourth-order valence-electron chi connectivity index (χ4n) is 2.42. The minimum Gasteiger partial charge on any atom is -0.366 e. The lowest BCUT2D eigenvalue weighted by Crippen LogP contribution is -2.12. The summed E-state index contributed by atoms with van der Waals surface area (Å²) in [4.78, 5) is 8.80. The van der Waals surface area contributed by atoms with Gasteiger partial charge in [-0.05, 0) is 54.5 Å². The molecule has 1 aliphatic rings. The summed E-state index contributed by atoms with van der Waals surface area (Å²) in [5.41, 5.74) is 5.29. The fourth-order valence-corrected chi connectivity index (χ4v) is 3.28. The van der Waals surface area contributed by atoms with Crippen LogP contribution in [0.2, 0.25) is 0 Å². The van der Waals surface area contributed by atoms with E-state index < -0.39 is 0 Å². The Labute approximate surface area is 111 Å². The Morgan fingerprint density at radius 3 is 2.94 bits per heavy atom. The van der Waals surface area contributed by atoms with Gasteiger partial charge in [0.05, 0.1) is 0 Å². The molecule has 0 saturated carbocycles. The van der Waals surface area contributed by atoms with Gasteiger partial charge in [-0.1, -0.05) is 0 Å². The normalized spacial score (nSPS) is 14.3. The fraction of sp³-hybridized carbons (Fsp3) is 0.429. The van der Waals surface area contributed by atoms with Gasteiger partial charge in [0.1, 0.15) is 12.1 Å². The van der Waals surface area contributed by atoms with Gasteiger partial charge in [-0.3, -0.25) is 0 Å². The molecule has 2 aromatic heterocycles. The van der Waals surface area contributed by atoms with Crippen LogP contribution in [0.4, 0.5) is 5.82 Å². The molecule has 0 fully saturated rings. The van der Waals surface area contributed by atoms with Crippen molar-refractivity contribution in [2.45, 2.75) is 39.2 Å². The first kappa shape index (κ1) is 11.7. The third-order valence-corrected chi connectivity index (χ3v) is 4.44. The monoisotopic (exact) mass is 259 g/mol. The largest absolute Gasteiger partial charge is 0.366 e. The Morgan fingerprint density at radius 2 is 2.11 bits per heavy atom. The van der Waals surface area contributed by atoms with Crippen LogP contribution in [-0.4, -0.2) is 9.97 Å². The molecule has 2 aromatic rings. The van der Waals surface area contributed by atoms with Crippen molar-refractivity contribution < 1.29 is 0 Å². The summed E-state index contributed by atoms with van der Waals surface area (Å²) >= 11 is 1.76. The van der Waals surface area contributed by atoms with E-state index in [0.29, 0.717) is 0 Å². The highest BCUT2D eigenvalue weighted by molar-refractivity contribution is 7.08. The van der Waals surface area contributed by atoms with E-state index in [0.717, 1.165) is 25.2 Å². The van der Waals surface area contributed by atoms with Crippen LogP contribution < -0.4 is 5.32 Å². The maximum atomic E-state index is 4.40. The maximum Gasteiger partial charge on any atom is 0.133 e. The van der Waals surface area contributed by atoms with Gasteiger partial charge in [0.15, 0.2) is 0 Å². The molecule has 0 aliphatic heterocycles. The van der Waals surface area contributed by atoms with Gasteiger partial charge in [0.2, 0.25) is 0 Å². The van der Waals surface area contributed by atoms with E-state index >= 15 is 0 Å². The van der Waals surface area contributed by atoms with Crippen molar-refractivity contribution in [3.05, 3.63) is 39.5 Å². The Kier molecular flexibility index (Phi) is 3.28. The van der Waals surface area contributed by atoms with Crippen LogP contribution in [0.15, 0.2) is 17.1 Å². The maximum absolute atomic E-state index is 4.40. The molecule has 0 radical (unpaired) electrons. The zero-order chi connectivity index (χ0) is 12.4. The smallest absolute Gasteiger partial charge is 0.133 e. The van der Waals surface area contributed by atoms with Crippen LogP contribution in [0.25, 0.3) is 0 Å². The van der Waals surface area contributed by atoms with Crippen LogP contribution in [0.3, 0.4) is 0 Å². The molecule has 0 bridgehead atoms. The molecular weight excluding hydrogens is 242 g/mol. The van der Waals surface area contributed by atoms with Crippen molar-refractivity contribution in [1.29, 1.82) is 0 Å². The summed E-state index contributed by atoms with van der Waals surface area (Å²) < 4.78 is 0. The van der Waals surface area contributed by atoms with E-state index in [4.69, 9.17) is 0 Å². The molecule has 1 N–H and O–H groups in total. The summed E-state index contributed by atoms with van der Waals surface area (Å²) in [6.45, 7) is 3.02. The van der Waals surface area contributed by atoms with E-state index in [9.17, 15) is 0 Å². The van der Waals surface area contributed by atoms with E-state index in [1.54, 1.807) is 17.7 Å². The van der Waals surface area contributed by atoms with Crippen molar-refractivity contribution in [2.75, 3.05) is 5.32 Å². The molecule has 0 unspecified atom stereocenters. The quantitative estimate of drug-likeness (QED) is 0.918. The van der Waals surface area contributed by atoms with Gasteiger partial charge in [-0.15, -0.1) is 0 Å². The molecule has 0 atom stereocenters. The molecule has 0 spiro atoms. The first-order valence-corrected chi connectivity index (χ1v) is 7.37. The average Bonchev–Trinajstić information content (AvgIpc) is 2.82. The molecular formula is C14H17N3S. The van der Waals surface area contributed by atoms with Crippen LogP contribution in [0.5, 0.6) is 0 Å². The SMILES string of the molecule is Cc1cscc1CNc1ncnc2c1CCCC2. The number of nitrogens with one attached hydrogen (secondary N) is 1. The van der Waals surface area contributed by atoms with Crippen LogP contribution in [-0.2, 0) is 19.4 Å². The minimum atomic E-state index is 0.860. The number of thiophene rings is 1. The summed E-state index contributed by atoms with van der Waals surface area (Å²) in [6.07, 6.45) is 6.41. The molecule has 18 heavy (non-hydrogen) atoms. The second-order valence-electron chi connectivity index (χ2n) is 4.79. The second kappa shape index (κ2) is 5.06. The first-order valence-electron chi connectivity index (χ1n) is 6.43. The number of aromatic nitrogens is 2. The van der Waals surface area contributed by atoms with Crippen molar-refractivity contribution in [2.24, 2.45) is 0 Å².